The van der Waals surface area contributed by atoms with Gasteiger partial charge in [-0.3, -0.25) is 0 Å². The number of nitriles is 1. The first-order valence-corrected chi connectivity index (χ1v) is 8.87. The van der Waals surface area contributed by atoms with Crippen LogP contribution in [0.25, 0.3) is 0 Å². The molecule has 0 saturated carbocycles. The third-order valence-corrected chi connectivity index (χ3v) is 5.78. The maximum atomic E-state index is 12.7. The summed E-state index contributed by atoms with van der Waals surface area (Å²) >= 11 is 0. The van der Waals surface area contributed by atoms with Crippen LogP contribution in [0.1, 0.15) is 36.8 Å². The number of piperidine rings is 1. The molecule has 1 atom stereocenters. The number of nitrogens with zero attached hydrogens (tertiary/aromatic N) is 2. The van der Waals surface area contributed by atoms with Gasteiger partial charge in [-0.1, -0.05) is 24.6 Å². The Morgan fingerprint density at radius 2 is 2.10 bits per heavy atom. The Morgan fingerprint density at radius 1 is 1.33 bits per heavy atom. The monoisotopic (exact) mass is 307 g/mol. The highest BCUT2D eigenvalue weighted by Gasteiger charge is 2.32. The third-order valence-electron chi connectivity index (χ3n) is 3.91. The number of rotatable bonds is 5. The van der Waals surface area contributed by atoms with Crippen molar-refractivity contribution in [2.24, 2.45) is 5.73 Å². The molecule has 0 bridgehead atoms. The molecule has 1 aliphatic heterocycles. The van der Waals surface area contributed by atoms with E-state index < -0.39 is 10.0 Å². The first-order valence-electron chi connectivity index (χ1n) is 7.26. The van der Waals surface area contributed by atoms with E-state index in [0.717, 1.165) is 19.3 Å². The number of sulfonamides is 1. The van der Waals surface area contributed by atoms with Gasteiger partial charge in [0.1, 0.15) is 0 Å². The van der Waals surface area contributed by atoms with Crippen molar-refractivity contribution in [3.63, 3.8) is 0 Å². The van der Waals surface area contributed by atoms with E-state index in [1.165, 1.54) is 0 Å². The Labute approximate surface area is 126 Å². The fourth-order valence-corrected chi connectivity index (χ4v) is 4.74. The first kappa shape index (κ1) is 16.0. The molecular weight excluding hydrogens is 286 g/mol. The van der Waals surface area contributed by atoms with Gasteiger partial charge in [-0.05, 0) is 37.4 Å². The molecule has 0 aliphatic carbocycles. The second-order valence-electron chi connectivity index (χ2n) is 5.36. The van der Waals surface area contributed by atoms with Crippen molar-refractivity contribution >= 4 is 10.0 Å². The Morgan fingerprint density at radius 3 is 2.81 bits per heavy atom. The minimum atomic E-state index is -3.41. The summed E-state index contributed by atoms with van der Waals surface area (Å²) in [7, 11) is -3.41. The topological polar surface area (TPSA) is 87.2 Å². The standard InChI is InChI=1S/C15H21N3O2S/c16-9-8-15-7-3-4-10-18(15)21(19,20)12-14-6-2-1-5-13(14)11-17/h1-2,5-6,15H,3-4,7-10,12,16H2. The molecule has 6 heteroatoms. The number of benzene rings is 1. The molecule has 2 N–H and O–H groups in total. The molecule has 0 amide bonds. The van der Waals surface area contributed by atoms with Gasteiger partial charge in [0.2, 0.25) is 10.0 Å². The fourth-order valence-electron chi connectivity index (χ4n) is 2.86. The summed E-state index contributed by atoms with van der Waals surface area (Å²) in [6, 6.07) is 8.92. The molecule has 1 aromatic rings. The zero-order valence-corrected chi connectivity index (χ0v) is 12.8. The second-order valence-corrected chi connectivity index (χ2v) is 7.28. The number of hydrogen-bond acceptors (Lipinski definition) is 4. The van der Waals surface area contributed by atoms with E-state index in [1.807, 2.05) is 0 Å². The lowest BCUT2D eigenvalue weighted by Gasteiger charge is -2.34. The largest absolute Gasteiger partial charge is 0.330 e. The predicted octanol–water partition coefficient (Wildman–Crippen LogP) is 1.59. The summed E-state index contributed by atoms with van der Waals surface area (Å²) < 4.78 is 27.0. The van der Waals surface area contributed by atoms with Gasteiger partial charge in [0.15, 0.2) is 0 Å². The SMILES string of the molecule is N#Cc1ccccc1CS(=O)(=O)N1CCCCC1CCN. The maximum absolute atomic E-state index is 12.7. The summed E-state index contributed by atoms with van der Waals surface area (Å²) in [5, 5.41) is 9.09. The molecule has 0 radical (unpaired) electrons. The molecule has 2 rings (SSSR count). The second kappa shape index (κ2) is 7.03. The lowest BCUT2D eigenvalue weighted by molar-refractivity contribution is 0.243. The van der Waals surface area contributed by atoms with Crippen molar-refractivity contribution in [1.82, 2.24) is 4.31 Å². The van der Waals surface area contributed by atoms with E-state index >= 15 is 0 Å². The quantitative estimate of drug-likeness (QED) is 0.895. The van der Waals surface area contributed by atoms with E-state index in [0.29, 0.717) is 30.6 Å². The number of nitrogens with two attached hydrogens (primary N) is 1. The third kappa shape index (κ3) is 3.82. The lowest BCUT2D eigenvalue weighted by atomic mass is 10.0. The molecule has 1 unspecified atom stereocenters. The van der Waals surface area contributed by atoms with Gasteiger partial charge in [-0.2, -0.15) is 9.57 Å². The Hall–Kier alpha value is -1.42. The van der Waals surface area contributed by atoms with Crippen LogP contribution in [0, 0.1) is 11.3 Å². The molecular formula is C15H21N3O2S. The Kier molecular flexibility index (Phi) is 5.34. The van der Waals surface area contributed by atoms with Crippen molar-refractivity contribution in [2.45, 2.75) is 37.5 Å². The summed E-state index contributed by atoms with van der Waals surface area (Å²) in [4.78, 5) is 0. The molecule has 114 valence electrons. The van der Waals surface area contributed by atoms with Gasteiger partial charge in [0.05, 0.1) is 17.4 Å². The van der Waals surface area contributed by atoms with Crippen LogP contribution in [0.15, 0.2) is 24.3 Å². The Bertz CT molecular complexity index is 620. The molecule has 0 spiro atoms. The lowest BCUT2D eigenvalue weighted by Crippen LogP contribution is -2.45. The van der Waals surface area contributed by atoms with Crippen LogP contribution in [0.2, 0.25) is 0 Å². The summed E-state index contributed by atoms with van der Waals surface area (Å²) in [5.74, 6) is -0.113. The zero-order valence-electron chi connectivity index (χ0n) is 12.0. The molecule has 5 nitrogen and oxygen atoms in total. The van der Waals surface area contributed by atoms with Gasteiger partial charge < -0.3 is 5.73 Å². The predicted molar refractivity (Wildman–Crippen MR) is 81.8 cm³/mol. The van der Waals surface area contributed by atoms with Gasteiger partial charge >= 0.3 is 0 Å². The smallest absolute Gasteiger partial charge is 0.218 e. The van der Waals surface area contributed by atoms with Crippen molar-refractivity contribution in [2.75, 3.05) is 13.1 Å². The van der Waals surface area contributed by atoms with Crippen LogP contribution in [0.5, 0.6) is 0 Å². The molecule has 0 aromatic heterocycles. The van der Waals surface area contributed by atoms with Crippen LogP contribution in [0.3, 0.4) is 0 Å². The maximum Gasteiger partial charge on any atom is 0.218 e. The van der Waals surface area contributed by atoms with Gasteiger partial charge in [-0.15, -0.1) is 0 Å². The summed E-state index contributed by atoms with van der Waals surface area (Å²) in [5.41, 5.74) is 6.59. The van der Waals surface area contributed by atoms with Crippen LogP contribution in [-0.4, -0.2) is 31.9 Å². The molecule has 1 aromatic carbocycles. The van der Waals surface area contributed by atoms with E-state index in [-0.39, 0.29) is 11.8 Å². The highest BCUT2D eigenvalue weighted by Crippen LogP contribution is 2.25. The van der Waals surface area contributed by atoms with Crippen molar-refractivity contribution in [1.29, 1.82) is 5.26 Å². The van der Waals surface area contributed by atoms with E-state index in [4.69, 9.17) is 11.0 Å². The van der Waals surface area contributed by atoms with Gasteiger partial charge in [-0.25, -0.2) is 8.42 Å². The van der Waals surface area contributed by atoms with Crippen LogP contribution in [0.4, 0.5) is 0 Å². The highest BCUT2D eigenvalue weighted by molar-refractivity contribution is 7.88. The summed E-state index contributed by atoms with van der Waals surface area (Å²) in [6.07, 6.45) is 3.50. The van der Waals surface area contributed by atoms with E-state index in [1.54, 1.807) is 28.6 Å². The minimum absolute atomic E-state index is 0.00278. The molecule has 1 heterocycles. The average molecular weight is 307 g/mol. The average Bonchev–Trinajstić information content (AvgIpc) is 2.48. The van der Waals surface area contributed by atoms with E-state index in [9.17, 15) is 8.42 Å². The molecule has 1 saturated heterocycles. The normalized spacial score (nSPS) is 20.1. The van der Waals surface area contributed by atoms with Crippen molar-refractivity contribution < 1.29 is 8.42 Å². The minimum Gasteiger partial charge on any atom is -0.330 e. The van der Waals surface area contributed by atoms with Gasteiger partial charge in [0.25, 0.3) is 0 Å². The van der Waals surface area contributed by atoms with Crippen molar-refractivity contribution in [3.8, 4) is 6.07 Å². The summed E-state index contributed by atoms with van der Waals surface area (Å²) in [6.45, 7) is 1.05. The molecule has 1 aliphatic rings. The van der Waals surface area contributed by atoms with Gasteiger partial charge in [0, 0.05) is 12.6 Å². The fraction of sp³-hybridized carbons (Fsp3) is 0.533. The van der Waals surface area contributed by atoms with Crippen LogP contribution >= 0.6 is 0 Å². The van der Waals surface area contributed by atoms with Crippen LogP contribution in [-0.2, 0) is 15.8 Å². The number of hydrogen-bond donors (Lipinski definition) is 1. The van der Waals surface area contributed by atoms with E-state index in [2.05, 4.69) is 6.07 Å². The molecule has 1 fully saturated rings. The highest BCUT2D eigenvalue weighted by atomic mass is 32.2. The molecule has 21 heavy (non-hydrogen) atoms. The zero-order chi connectivity index (χ0) is 15.3. The Balaban J connectivity index is 2.22. The first-order chi connectivity index (χ1) is 10.1. The van der Waals surface area contributed by atoms with Crippen LogP contribution < -0.4 is 5.73 Å². The van der Waals surface area contributed by atoms with Crippen molar-refractivity contribution in [3.05, 3.63) is 35.4 Å².